The quantitative estimate of drug-likeness (QED) is 0.811. The van der Waals surface area contributed by atoms with Crippen molar-refractivity contribution in [2.75, 3.05) is 5.32 Å². The van der Waals surface area contributed by atoms with Gasteiger partial charge in [0.05, 0.1) is 10.7 Å². The lowest BCUT2D eigenvalue weighted by atomic mass is 10.0. The Morgan fingerprint density at radius 3 is 2.23 bits per heavy atom. The molecule has 0 saturated carbocycles. The summed E-state index contributed by atoms with van der Waals surface area (Å²) >= 11 is 6.10. The van der Waals surface area contributed by atoms with Crippen LogP contribution in [0.15, 0.2) is 36.4 Å². The number of carbonyl (C=O) groups excluding carboxylic acids is 2. The first-order chi connectivity index (χ1) is 12.2. The molecule has 0 heterocycles. The zero-order chi connectivity index (χ0) is 19.4. The number of nitrogens with one attached hydrogen (secondary N) is 2. The van der Waals surface area contributed by atoms with Crippen LogP contribution in [0.4, 0.5) is 14.5 Å². The zero-order valence-corrected chi connectivity index (χ0v) is 15.3. The van der Waals surface area contributed by atoms with Crippen molar-refractivity contribution in [2.24, 2.45) is 5.92 Å². The highest BCUT2D eigenvalue weighted by atomic mass is 35.5. The highest BCUT2D eigenvalue weighted by Crippen LogP contribution is 2.23. The van der Waals surface area contributed by atoms with E-state index in [0.29, 0.717) is 10.7 Å². The molecule has 0 aliphatic carbocycles. The van der Waals surface area contributed by atoms with E-state index >= 15 is 0 Å². The van der Waals surface area contributed by atoms with Crippen LogP contribution in [-0.2, 0) is 4.79 Å². The van der Waals surface area contributed by atoms with Gasteiger partial charge in [0.1, 0.15) is 23.2 Å². The topological polar surface area (TPSA) is 58.2 Å². The SMILES string of the molecule is Cc1ccc(NC(=O)[C@@H](NC(=O)c2c(F)cccc2F)C(C)C)c(Cl)c1. The van der Waals surface area contributed by atoms with Gasteiger partial charge in [-0.2, -0.15) is 0 Å². The second kappa shape index (κ2) is 8.27. The van der Waals surface area contributed by atoms with Gasteiger partial charge in [-0.15, -0.1) is 0 Å². The minimum absolute atomic E-state index is 0.321. The number of aryl methyl sites for hydroxylation is 1. The van der Waals surface area contributed by atoms with Gasteiger partial charge in [0.2, 0.25) is 5.91 Å². The molecule has 7 heteroatoms. The summed E-state index contributed by atoms with van der Waals surface area (Å²) in [6, 6.07) is 7.23. The van der Waals surface area contributed by atoms with Crippen molar-refractivity contribution in [3.63, 3.8) is 0 Å². The molecule has 0 saturated heterocycles. The summed E-state index contributed by atoms with van der Waals surface area (Å²) < 4.78 is 27.5. The van der Waals surface area contributed by atoms with Crippen LogP contribution in [0, 0.1) is 24.5 Å². The normalized spacial score (nSPS) is 12.0. The Hall–Kier alpha value is -2.47. The third-order valence-electron chi connectivity index (χ3n) is 3.81. The second-order valence-electron chi connectivity index (χ2n) is 6.26. The Kier molecular flexibility index (Phi) is 6.32. The summed E-state index contributed by atoms with van der Waals surface area (Å²) in [6.07, 6.45) is 0. The summed E-state index contributed by atoms with van der Waals surface area (Å²) in [4.78, 5) is 24.8. The van der Waals surface area contributed by atoms with E-state index in [-0.39, 0.29) is 5.92 Å². The van der Waals surface area contributed by atoms with Gasteiger partial charge in [0.15, 0.2) is 0 Å². The molecule has 138 valence electrons. The zero-order valence-electron chi connectivity index (χ0n) is 14.6. The smallest absolute Gasteiger partial charge is 0.257 e. The fourth-order valence-corrected chi connectivity index (χ4v) is 2.68. The van der Waals surface area contributed by atoms with Crippen LogP contribution < -0.4 is 10.6 Å². The molecule has 0 bridgehead atoms. The first-order valence-corrected chi connectivity index (χ1v) is 8.40. The van der Waals surface area contributed by atoms with Crippen molar-refractivity contribution in [2.45, 2.75) is 26.8 Å². The lowest BCUT2D eigenvalue weighted by molar-refractivity contribution is -0.118. The number of carbonyl (C=O) groups is 2. The number of halogens is 3. The van der Waals surface area contributed by atoms with Gasteiger partial charge in [0, 0.05) is 0 Å². The third-order valence-corrected chi connectivity index (χ3v) is 4.12. The van der Waals surface area contributed by atoms with Crippen LogP contribution in [0.25, 0.3) is 0 Å². The maximum Gasteiger partial charge on any atom is 0.257 e. The van der Waals surface area contributed by atoms with E-state index in [0.717, 1.165) is 23.8 Å². The molecule has 0 spiro atoms. The molecule has 2 amide bonds. The van der Waals surface area contributed by atoms with E-state index < -0.39 is 35.1 Å². The molecule has 26 heavy (non-hydrogen) atoms. The van der Waals surface area contributed by atoms with Crippen molar-refractivity contribution in [3.8, 4) is 0 Å². The monoisotopic (exact) mass is 380 g/mol. The molecule has 0 aromatic heterocycles. The number of benzene rings is 2. The van der Waals surface area contributed by atoms with Crippen molar-refractivity contribution in [3.05, 3.63) is 64.2 Å². The Balaban J connectivity index is 2.20. The Morgan fingerprint density at radius 2 is 1.69 bits per heavy atom. The molecule has 0 aliphatic rings. The lowest BCUT2D eigenvalue weighted by Crippen LogP contribution is -2.47. The molecule has 0 unspecified atom stereocenters. The van der Waals surface area contributed by atoms with E-state index in [4.69, 9.17) is 11.6 Å². The molecule has 2 N–H and O–H groups in total. The van der Waals surface area contributed by atoms with Gasteiger partial charge in [-0.05, 0) is 42.7 Å². The number of amides is 2. The standard InChI is InChI=1S/C19H19ClF2N2O2/c1-10(2)17(19(26)23-15-8-7-11(3)9-12(15)20)24-18(25)16-13(21)5-4-6-14(16)22/h4-10,17H,1-3H3,(H,23,26)(H,24,25)/t17-/m0/s1. The molecule has 0 radical (unpaired) electrons. The van der Waals surface area contributed by atoms with Crippen LogP contribution in [0.5, 0.6) is 0 Å². The molecule has 2 rings (SSSR count). The highest BCUT2D eigenvalue weighted by molar-refractivity contribution is 6.33. The fraction of sp³-hybridized carbons (Fsp3) is 0.263. The largest absolute Gasteiger partial charge is 0.340 e. The first kappa shape index (κ1) is 19.8. The Labute approximate surface area is 155 Å². The summed E-state index contributed by atoms with van der Waals surface area (Å²) in [6.45, 7) is 5.27. The van der Waals surface area contributed by atoms with E-state index in [2.05, 4.69) is 10.6 Å². The average Bonchev–Trinajstić information content (AvgIpc) is 2.54. The van der Waals surface area contributed by atoms with Gasteiger partial charge in [-0.25, -0.2) is 8.78 Å². The highest BCUT2D eigenvalue weighted by Gasteiger charge is 2.27. The first-order valence-electron chi connectivity index (χ1n) is 8.02. The molecule has 0 aliphatic heterocycles. The van der Waals surface area contributed by atoms with Crippen LogP contribution in [0.2, 0.25) is 5.02 Å². The van der Waals surface area contributed by atoms with Crippen molar-refractivity contribution in [1.29, 1.82) is 0 Å². The summed E-state index contributed by atoms with van der Waals surface area (Å²) in [7, 11) is 0. The van der Waals surface area contributed by atoms with Crippen LogP contribution >= 0.6 is 11.6 Å². The van der Waals surface area contributed by atoms with E-state index in [9.17, 15) is 18.4 Å². The number of rotatable bonds is 5. The van der Waals surface area contributed by atoms with Gasteiger partial charge in [-0.3, -0.25) is 9.59 Å². The maximum absolute atomic E-state index is 13.8. The average molecular weight is 381 g/mol. The van der Waals surface area contributed by atoms with E-state index in [1.807, 2.05) is 6.92 Å². The van der Waals surface area contributed by atoms with Gasteiger partial charge in [-0.1, -0.05) is 37.6 Å². The molecule has 2 aromatic rings. The van der Waals surface area contributed by atoms with Gasteiger partial charge < -0.3 is 10.6 Å². The predicted octanol–water partition coefficient (Wildman–Crippen LogP) is 4.32. The molecule has 0 fully saturated rings. The van der Waals surface area contributed by atoms with Gasteiger partial charge in [0.25, 0.3) is 5.91 Å². The van der Waals surface area contributed by atoms with Crippen LogP contribution in [0.1, 0.15) is 29.8 Å². The summed E-state index contributed by atoms with van der Waals surface area (Å²) in [5, 5.41) is 5.38. The number of anilines is 1. The molecule has 4 nitrogen and oxygen atoms in total. The molecular weight excluding hydrogens is 362 g/mol. The maximum atomic E-state index is 13.8. The predicted molar refractivity (Wildman–Crippen MR) is 97.3 cm³/mol. The van der Waals surface area contributed by atoms with Crippen LogP contribution in [0.3, 0.4) is 0 Å². The fourth-order valence-electron chi connectivity index (χ4n) is 2.40. The van der Waals surface area contributed by atoms with Crippen molar-refractivity contribution >= 4 is 29.1 Å². The molecular formula is C19H19ClF2N2O2. The summed E-state index contributed by atoms with van der Waals surface area (Å²) in [5.74, 6) is -3.84. The minimum Gasteiger partial charge on any atom is -0.340 e. The van der Waals surface area contributed by atoms with Crippen molar-refractivity contribution in [1.82, 2.24) is 5.32 Å². The van der Waals surface area contributed by atoms with Gasteiger partial charge >= 0.3 is 0 Å². The second-order valence-corrected chi connectivity index (χ2v) is 6.67. The molecule has 2 aromatic carbocycles. The molecule has 1 atom stereocenters. The lowest BCUT2D eigenvalue weighted by Gasteiger charge is -2.22. The van der Waals surface area contributed by atoms with Crippen LogP contribution in [-0.4, -0.2) is 17.9 Å². The Morgan fingerprint density at radius 1 is 1.08 bits per heavy atom. The van der Waals surface area contributed by atoms with E-state index in [1.54, 1.807) is 32.0 Å². The third kappa shape index (κ3) is 4.58. The summed E-state index contributed by atoms with van der Waals surface area (Å²) in [5.41, 5.74) is 0.593. The van der Waals surface area contributed by atoms with Crippen molar-refractivity contribution < 1.29 is 18.4 Å². The Bertz CT molecular complexity index is 820. The van der Waals surface area contributed by atoms with E-state index in [1.165, 1.54) is 0 Å². The number of hydrogen-bond acceptors (Lipinski definition) is 2. The minimum atomic E-state index is -1.00. The number of hydrogen-bond donors (Lipinski definition) is 2.